The Labute approximate surface area is 156 Å². The fraction of sp³-hybridized carbons (Fsp3) is 0.353. The van der Waals surface area contributed by atoms with Gasteiger partial charge in [-0.15, -0.1) is 0 Å². The lowest BCUT2D eigenvalue weighted by molar-refractivity contribution is 0.100. The molecule has 0 saturated heterocycles. The lowest BCUT2D eigenvalue weighted by Gasteiger charge is -2.13. The summed E-state index contributed by atoms with van der Waals surface area (Å²) >= 11 is 0. The highest BCUT2D eigenvalue weighted by Gasteiger charge is 2.35. The van der Waals surface area contributed by atoms with Crippen molar-refractivity contribution in [2.45, 2.75) is 25.0 Å². The van der Waals surface area contributed by atoms with E-state index in [4.69, 9.17) is 5.14 Å². The average Bonchev–Trinajstić information content (AvgIpc) is 3.23. The molecule has 3 aromatic rings. The molecule has 2 aromatic heterocycles. The molecule has 0 amide bonds. The van der Waals surface area contributed by atoms with E-state index in [0.29, 0.717) is 24.0 Å². The molecule has 0 bridgehead atoms. The summed E-state index contributed by atoms with van der Waals surface area (Å²) in [5.74, 6) is -0.332. The van der Waals surface area contributed by atoms with Crippen molar-refractivity contribution in [3.05, 3.63) is 43.0 Å². The highest BCUT2D eigenvalue weighted by Crippen LogP contribution is 2.37. The highest BCUT2D eigenvalue weighted by atomic mass is 32.2. The van der Waals surface area contributed by atoms with Crippen molar-refractivity contribution in [3.8, 4) is 11.3 Å². The minimum atomic E-state index is -4.03. The Morgan fingerprint density at radius 2 is 1.96 bits per heavy atom. The van der Waals surface area contributed by atoms with Gasteiger partial charge in [-0.1, -0.05) is 30.3 Å². The summed E-state index contributed by atoms with van der Waals surface area (Å²) in [4.78, 5) is 13.2. The molecule has 3 N–H and O–H groups in total. The third kappa shape index (κ3) is 3.69. The molecule has 27 heavy (non-hydrogen) atoms. The maximum absolute atomic E-state index is 11.0. The monoisotopic (exact) mass is 389 g/mol. The van der Waals surface area contributed by atoms with Gasteiger partial charge in [0.1, 0.15) is 17.5 Å². The molecule has 0 unspecified atom stereocenters. The zero-order valence-electron chi connectivity index (χ0n) is 14.3. The molecule has 1 aromatic carbocycles. The van der Waals surface area contributed by atoms with Crippen LogP contribution in [0.1, 0.15) is 18.9 Å². The number of nitrogens with zero attached hydrogens (tertiary/aromatic N) is 4. The summed E-state index contributed by atoms with van der Waals surface area (Å²) in [6, 6.07) is 9.65. The first kappa shape index (κ1) is 18.0. The van der Waals surface area contributed by atoms with Gasteiger partial charge in [0.2, 0.25) is 0 Å². The van der Waals surface area contributed by atoms with E-state index in [9.17, 15) is 13.5 Å². The number of benzene rings is 1. The molecular weight excluding hydrogens is 370 g/mol. The first-order valence-corrected chi connectivity index (χ1v) is 9.97. The van der Waals surface area contributed by atoms with Gasteiger partial charge in [0.05, 0.1) is 19.0 Å². The Hall–Kier alpha value is -2.40. The Morgan fingerprint density at radius 3 is 2.70 bits per heavy atom. The van der Waals surface area contributed by atoms with Crippen molar-refractivity contribution < 1.29 is 17.7 Å². The molecule has 10 heteroatoms. The van der Waals surface area contributed by atoms with Crippen molar-refractivity contribution in [1.29, 1.82) is 0 Å². The summed E-state index contributed by atoms with van der Waals surface area (Å²) in [6.07, 6.45) is 3.48. The van der Waals surface area contributed by atoms with Gasteiger partial charge in [-0.05, 0) is 12.8 Å². The van der Waals surface area contributed by atoms with E-state index in [1.54, 1.807) is 6.33 Å². The summed E-state index contributed by atoms with van der Waals surface area (Å²) in [6.45, 7) is -0.145. The second-order valence-electron chi connectivity index (χ2n) is 6.64. The number of aromatic nitrogens is 4. The molecular formula is C17H19N5O4S. The van der Waals surface area contributed by atoms with Crippen LogP contribution in [0.15, 0.2) is 43.0 Å². The van der Waals surface area contributed by atoms with Crippen LogP contribution < -0.4 is 5.14 Å². The number of aliphatic hydroxyl groups is 1. The zero-order valence-corrected chi connectivity index (χ0v) is 15.2. The Kier molecular flexibility index (Phi) is 4.64. The Balaban J connectivity index is 1.62. The maximum atomic E-state index is 11.0. The van der Waals surface area contributed by atoms with Crippen molar-refractivity contribution in [3.63, 3.8) is 0 Å². The van der Waals surface area contributed by atoms with E-state index in [2.05, 4.69) is 19.1 Å². The fourth-order valence-electron chi connectivity index (χ4n) is 3.59. The molecule has 1 aliphatic rings. The van der Waals surface area contributed by atoms with Crippen LogP contribution in [-0.2, 0) is 14.5 Å². The van der Waals surface area contributed by atoms with Gasteiger partial charge >= 0.3 is 10.3 Å². The lowest BCUT2D eigenvalue weighted by Crippen LogP contribution is -2.24. The number of rotatable bonds is 5. The molecule has 3 atom stereocenters. The number of fused-ring (bicyclic) bond motifs is 1. The van der Waals surface area contributed by atoms with Crippen LogP contribution in [0, 0.1) is 5.92 Å². The van der Waals surface area contributed by atoms with E-state index in [-0.39, 0.29) is 18.6 Å². The minimum Gasteiger partial charge on any atom is -0.393 e. The summed E-state index contributed by atoms with van der Waals surface area (Å²) in [5.41, 5.74) is 3.05. The lowest BCUT2D eigenvalue weighted by atomic mass is 10.1. The van der Waals surface area contributed by atoms with E-state index in [1.165, 1.54) is 6.33 Å². The van der Waals surface area contributed by atoms with E-state index in [0.717, 1.165) is 11.3 Å². The minimum absolute atomic E-state index is 0.0717. The van der Waals surface area contributed by atoms with Crippen LogP contribution in [0.2, 0.25) is 0 Å². The molecule has 142 valence electrons. The maximum Gasteiger partial charge on any atom is 0.333 e. The Bertz CT molecular complexity index is 1050. The van der Waals surface area contributed by atoms with E-state index < -0.39 is 16.4 Å². The molecule has 4 rings (SSSR count). The van der Waals surface area contributed by atoms with Gasteiger partial charge in [0.15, 0.2) is 5.65 Å². The number of nitrogens with two attached hydrogens (primary N) is 1. The van der Waals surface area contributed by atoms with Crippen LogP contribution in [0.3, 0.4) is 0 Å². The van der Waals surface area contributed by atoms with Gasteiger partial charge in [-0.25, -0.2) is 20.1 Å². The smallest absolute Gasteiger partial charge is 0.333 e. The van der Waals surface area contributed by atoms with E-state index in [1.807, 2.05) is 34.9 Å². The van der Waals surface area contributed by atoms with Crippen LogP contribution in [-0.4, -0.2) is 45.8 Å². The number of aliphatic hydroxyl groups excluding tert-OH is 1. The summed E-state index contributed by atoms with van der Waals surface area (Å²) in [5, 5.41) is 15.1. The van der Waals surface area contributed by atoms with Gasteiger partial charge in [0.25, 0.3) is 0 Å². The molecule has 0 radical (unpaired) electrons. The summed E-state index contributed by atoms with van der Waals surface area (Å²) in [7, 11) is -4.03. The van der Waals surface area contributed by atoms with Gasteiger partial charge < -0.3 is 9.67 Å². The highest BCUT2D eigenvalue weighted by molar-refractivity contribution is 7.84. The van der Waals surface area contributed by atoms with Gasteiger partial charge in [0, 0.05) is 17.5 Å². The number of hydrogen-bond acceptors (Lipinski definition) is 7. The second-order valence-corrected chi connectivity index (χ2v) is 7.86. The molecule has 2 heterocycles. The van der Waals surface area contributed by atoms with Crippen molar-refractivity contribution >= 4 is 21.5 Å². The quantitative estimate of drug-likeness (QED) is 0.665. The number of imidazole rings is 1. The Morgan fingerprint density at radius 1 is 1.19 bits per heavy atom. The van der Waals surface area contributed by atoms with Gasteiger partial charge in [-0.3, -0.25) is 4.18 Å². The number of hydrogen-bond donors (Lipinski definition) is 2. The van der Waals surface area contributed by atoms with Crippen LogP contribution in [0.25, 0.3) is 22.4 Å². The fourth-order valence-corrected chi connectivity index (χ4v) is 3.95. The zero-order chi connectivity index (χ0) is 19.0. The molecule has 1 saturated carbocycles. The van der Waals surface area contributed by atoms with Crippen LogP contribution >= 0.6 is 0 Å². The molecule has 0 aliphatic heterocycles. The first-order valence-electron chi connectivity index (χ1n) is 8.50. The molecule has 9 nitrogen and oxygen atoms in total. The van der Waals surface area contributed by atoms with Crippen molar-refractivity contribution in [1.82, 2.24) is 19.5 Å². The van der Waals surface area contributed by atoms with Crippen LogP contribution in [0.4, 0.5) is 0 Å². The normalized spacial score (nSPS) is 23.1. The first-order chi connectivity index (χ1) is 12.9. The van der Waals surface area contributed by atoms with Gasteiger partial charge in [-0.2, -0.15) is 8.42 Å². The average molecular weight is 389 g/mol. The third-order valence-electron chi connectivity index (χ3n) is 4.88. The largest absolute Gasteiger partial charge is 0.393 e. The molecule has 1 fully saturated rings. The molecule has 1 aliphatic carbocycles. The van der Waals surface area contributed by atoms with Crippen molar-refractivity contribution in [2.75, 3.05) is 6.61 Å². The predicted octanol–water partition coefficient (Wildman–Crippen LogP) is 1.03. The van der Waals surface area contributed by atoms with Crippen molar-refractivity contribution in [2.24, 2.45) is 11.1 Å². The van der Waals surface area contributed by atoms with Crippen LogP contribution in [0.5, 0.6) is 0 Å². The SMILES string of the molecule is NS(=O)(=O)OC[C@H]1C[C@@H](n2cnc3c(-c4ccccc4)ncnc32)C[C@@H]1O. The predicted molar refractivity (Wildman–Crippen MR) is 97.6 cm³/mol. The second kappa shape index (κ2) is 6.97. The topological polar surface area (TPSA) is 133 Å². The third-order valence-corrected chi connectivity index (χ3v) is 5.34. The standard InChI is InChI=1S/C17H19N5O4S/c18-27(24,25)26-8-12-6-13(7-14(12)23)22-10-21-16-15(19-9-20-17(16)22)11-4-2-1-3-5-11/h1-5,9-10,12-14,23H,6-8H2,(H2,18,24,25)/t12-,13-,14+/m1/s1. The van der Waals surface area contributed by atoms with E-state index >= 15 is 0 Å². The summed E-state index contributed by atoms with van der Waals surface area (Å²) < 4.78 is 28.5. The molecule has 0 spiro atoms.